The van der Waals surface area contributed by atoms with Crippen molar-refractivity contribution in [1.82, 2.24) is 9.96 Å². The second kappa shape index (κ2) is 7.98. The molecule has 2 aliphatic rings. The maximum atomic E-state index is 12.7. The largest absolute Gasteiger partial charge is 0.467 e. The van der Waals surface area contributed by atoms with Crippen molar-refractivity contribution in [1.29, 1.82) is 0 Å². The molecule has 0 bridgehead atoms. The fraction of sp³-hybridized carbons (Fsp3) is 0.353. The van der Waals surface area contributed by atoms with Crippen LogP contribution in [0, 0.1) is 0 Å². The molecule has 0 N–H and O–H groups in total. The lowest BCUT2D eigenvalue weighted by atomic mass is 10.1. The van der Waals surface area contributed by atoms with Crippen molar-refractivity contribution in [2.75, 3.05) is 26.6 Å². The highest BCUT2D eigenvalue weighted by Gasteiger charge is 2.47. The van der Waals surface area contributed by atoms with E-state index in [1.54, 1.807) is 12.1 Å². The number of carbonyl (C=O) groups excluding carboxylic acids is 5. The van der Waals surface area contributed by atoms with Gasteiger partial charge in [-0.1, -0.05) is 12.1 Å². The Labute approximate surface area is 163 Å². The topological polar surface area (TPSA) is 120 Å². The van der Waals surface area contributed by atoms with Gasteiger partial charge >= 0.3 is 11.9 Å². The minimum atomic E-state index is -1.06. The van der Waals surface area contributed by atoms with Gasteiger partial charge in [0.2, 0.25) is 0 Å². The summed E-state index contributed by atoms with van der Waals surface area (Å²) in [6.45, 7) is -0.729. The second-order valence-electron chi connectivity index (χ2n) is 5.77. The average molecular weight is 408 g/mol. The van der Waals surface area contributed by atoms with E-state index in [1.165, 1.54) is 12.1 Å². The average Bonchev–Trinajstić information content (AvgIpc) is 3.26. The molecule has 0 aromatic heterocycles. The van der Waals surface area contributed by atoms with Gasteiger partial charge in [0.1, 0.15) is 6.04 Å². The van der Waals surface area contributed by atoms with E-state index in [2.05, 4.69) is 9.47 Å². The Kier molecular flexibility index (Phi) is 5.66. The van der Waals surface area contributed by atoms with Gasteiger partial charge in [0.05, 0.1) is 25.3 Å². The molecule has 3 rings (SSSR count). The Bertz CT molecular complexity index is 798. The lowest BCUT2D eigenvalue weighted by Gasteiger charge is -2.26. The molecule has 148 valence electrons. The molecule has 1 aromatic carbocycles. The number of hydroxylamine groups is 2. The number of hydrogen-bond donors (Lipinski definition) is 0. The molecule has 0 unspecified atom stereocenters. The number of ether oxygens (including phenoxy) is 2. The highest BCUT2D eigenvalue weighted by atomic mass is 32.2. The van der Waals surface area contributed by atoms with Crippen molar-refractivity contribution in [2.24, 2.45) is 0 Å². The molecule has 2 atom stereocenters. The van der Waals surface area contributed by atoms with Gasteiger partial charge < -0.3 is 14.4 Å². The number of amides is 3. The van der Waals surface area contributed by atoms with Gasteiger partial charge in [0, 0.05) is 5.75 Å². The molecular formula is C17H16N2O8S. The number of thioether (sulfide) groups is 1. The molecule has 2 aliphatic heterocycles. The molecule has 28 heavy (non-hydrogen) atoms. The SMILES string of the molecule is COC(=O)[C@H]1CS[C@H](C(=O)OC)N1C(=O)CON1C(=O)c2ccccc2C1=O. The molecule has 0 saturated carbocycles. The summed E-state index contributed by atoms with van der Waals surface area (Å²) in [5, 5.41) is -0.570. The zero-order valence-electron chi connectivity index (χ0n) is 14.9. The van der Waals surface area contributed by atoms with Crippen molar-refractivity contribution in [3.05, 3.63) is 35.4 Å². The highest BCUT2D eigenvalue weighted by molar-refractivity contribution is 8.00. The van der Waals surface area contributed by atoms with E-state index in [4.69, 9.17) is 4.84 Å². The van der Waals surface area contributed by atoms with E-state index in [1.807, 2.05) is 0 Å². The van der Waals surface area contributed by atoms with Crippen LogP contribution < -0.4 is 0 Å². The van der Waals surface area contributed by atoms with Crippen LogP contribution in [-0.4, -0.2) is 77.6 Å². The molecule has 0 aliphatic carbocycles. The Hall–Kier alpha value is -2.92. The highest BCUT2D eigenvalue weighted by Crippen LogP contribution is 2.31. The van der Waals surface area contributed by atoms with Gasteiger partial charge in [0.25, 0.3) is 17.7 Å². The number of esters is 2. The van der Waals surface area contributed by atoms with Gasteiger partial charge in [-0.05, 0) is 12.1 Å². The number of hydrogen-bond acceptors (Lipinski definition) is 9. The third-order valence-corrected chi connectivity index (χ3v) is 5.48. The van der Waals surface area contributed by atoms with Gasteiger partial charge in [-0.2, -0.15) is 0 Å². The smallest absolute Gasteiger partial charge is 0.339 e. The van der Waals surface area contributed by atoms with E-state index in [0.29, 0.717) is 5.06 Å². The maximum Gasteiger partial charge on any atom is 0.339 e. The zero-order valence-corrected chi connectivity index (χ0v) is 15.8. The minimum absolute atomic E-state index is 0.130. The predicted octanol–water partition coefficient (Wildman–Crippen LogP) is -0.170. The summed E-state index contributed by atoms with van der Waals surface area (Å²) in [5.41, 5.74) is 0.327. The quantitative estimate of drug-likeness (QED) is 0.483. The summed E-state index contributed by atoms with van der Waals surface area (Å²) in [4.78, 5) is 67.3. The van der Waals surface area contributed by atoms with E-state index < -0.39 is 47.7 Å². The van der Waals surface area contributed by atoms with Gasteiger partial charge in [-0.3, -0.25) is 19.2 Å². The number of benzene rings is 1. The normalized spacial score (nSPS) is 20.9. The van der Waals surface area contributed by atoms with Gasteiger partial charge in [0.15, 0.2) is 12.0 Å². The van der Waals surface area contributed by atoms with Crippen LogP contribution in [0.5, 0.6) is 0 Å². The summed E-state index contributed by atoms with van der Waals surface area (Å²) in [7, 11) is 2.32. The molecular weight excluding hydrogens is 392 g/mol. The summed E-state index contributed by atoms with van der Waals surface area (Å²) in [6.07, 6.45) is 0. The number of nitrogens with zero attached hydrogens (tertiary/aromatic N) is 2. The standard InChI is InChI=1S/C17H16N2O8S/c1-25-16(23)11-8-28-15(17(24)26-2)18(11)12(20)7-27-19-13(21)9-5-3-4-6-10(9)14(19)22/h3-6,11,15H,7-8H2,1-2H3/t11-,15-/m1/s1. The van der Waals surface area contributed by atoms with E-state index in [9.17, 15) is 24.0 Å². The van der Waals surface area contributed by atoms with Crippen LogP contribution >= 0.6 is 11.8 Å². The molecule has 11 heteroatoms. The van der Waals surface area contributed by atoms with Crippen molar-refractivity contribution >= 4 is 41.4 Å². The van der Waals surface area contributed by atoms with E-state index >= 15 is 0 Å². The first-order valence-corrected chi connectivity index (χ1v) is 9.14. The third-order valence-electron chi connectivity index (χ3n) is 4.24. The van der Waals surface area contributed by atoms with Crippen LogP contribution in [0.1, 0.15) is 20.7 Å². The van der Waals surface area contributed by atoms with Gasteiger partial charge in [-0.25, -0.2) is 9.59 Å². The Balaban J connectivity index is 1.74. The zero-order chi connectivity index (χ0) is 20.4. The van der Waals surface area contributed by atoms with Crippen molar-refractivity contribution in [2.45, 2.75) is 11.4 Å². The fourth-order valence-corrected chi connectivity index (χ4v) is 4.21. The van der Waals surface area contributed by atoms with E-state index in [-0.39, 0.29) is 16.9 Å². The first-order valence-electron chi connectivity index (χ1n) is 8.09. The van der Waals surface area contributed by atoms with Crippen LogP contribution in [0.25, 0.3) is 0 Å². The number of imide groups is 1. The first kappa shape index (κ1) is 19.8. The van der Waals surface area contributed by atoms with Crippen LogP contribution in [0.3, 0.4) is 0 Å². The maximum absolute atomic E-state index is 12.7. The predicted molar refractivity (Wildman–Crippen MR) is 93.8 cm³/mol. The molecule has 10 nitrogen and oxygen atoms in total. The van der Waals surface area contributed by atoms with Crippen molar-refractivity contribution < 1.29 is 38.3 Å². The molecule has 0 radical (unpaired) electrons. The Morgan fingerprint density at radius 2 is 1.61 bits per heavy atom. The fourth-order valence-electron chi connectivity index (χ4n) is 2.89. The lowest BCUT2D eigenvalue weighted by molar-refractivity contribution is -0.163. The third kappa shape index (κ3) is 3.34. The van der Waals surface area contributed by atoms with Crippen molar-refractivity contribution in [3.63, 3.8) is 0 Å². The Morgan fingerprint density at radius 3 is 2.14 bits per heavy atom. The molecule has 2 heterocycles. The monoisotopic (exact) mass is 408 g/mol. The number of carbonyl (C=O) groups is 5. The van der Waals surface area contributed by atoms with Crippen LogP contribution in [-0.2, 0) is 28.7 Å². The molecule has 1 aromatic rings. The summed E-state index contributed by atoms with van der Waals surface area (Å²) >= 11 is 1.04. The lowest BCUT2D eigenvalue weighted by Crippen LogP contribution is -2.50. The van der Waals surface area contributed by atoms with Crippen molar-refractivity contribution in [3.8, 4) is 0 Å². The molecule has 1 fully saturated rings. The second-order valence-corrected chi connectivity index (χ2v) is 6.89. The minimum Gasteiger partial charge on any atom is -0.467 e. The first-order chi connectivity index (χ1) is 13.4. The number of methoxy groups -OCH3 is 2. The summed E-state index contributed by atoms with van der Waals surface area (Å²) < 4.78 is 9.34. The van der Waals surface area contributed by atoms with E-state index in [0.717, 1.165) is 30.9 Å². The molecule has 0 spiro atoms. The van der Waals surface area contributed by atoms with Gasteiger partial charge in [-0.15, -0.1) is 16.8 Å². The number of fused-ring (bicyclic) bond motifs is 1. The molecule has 1 saturated heterocycles. The van der Waals surface area contributed by atoms with Crippen LogP contribution in [0.4, 0.5) is 0 Å². The summed E-state index contributed by atoms with van der Waals surface area (Å²) in [6, 6.07) is 5.12. The molecule has 3 amide bonds. The van der Waals surface area contributed by atoms with Crippen LogP contribution in [0.2, 0.25) is 0 Å². The Morgan fingerprint density at radius 1 is 1.04 bits per heavy atom. The number of rotatable bonds is 5. The van der Waals surface area contributed by atoms with Crippen LogP contribution in [0.15, 0.2) is 24.3 Å². The summed E-state index contributed by atoms with van der Waals surface area (Å²) in [5.74, 6) is -3.45.